The number of alkyl halides is 2. The van der Waals surface area contributed by atoms with Gasteiger partial charge in [-0.3, -0.25) is 0 Å². The molecule has 1 aromatic rings. The molecule has 0 saturated heterocycles. The first-order chi connectivity index (χ1) is 6.45. The van der Waals surface area contributed by atoms with Crippen LogP contribution in [0, 0.1) is 6.92 Å². The molecule has 0 heterocycles. The summed E-state index contributed by atoms with van der Waals surface area (Å²) in [6.45, 7) is 1.59. The van der Waals surface area contributed by atoms with Gasteiger partial charge in [0, 0.05) is 5.56 Å². The number of benzene rings is 1. The topological polar surface area (TPSA) is 72.3 Å². The smallest absolute Gasteiger partial charge is 0.257 e. The number of phenolic OH excluding ortho intramolecular Hbond substituents is 1. The highest BCUT2D eigenvalue weighted by molar-refractivity contribution is 5.59. The minimum absolute atomic E-state index is 0.0139. The highest BCUT2D eigenvalue weighted by Gasteiger charge is 2.23. The molecule has 0 spiro atoms. The van der Waals surface area contributed by atoms with Crippen LogP contribution in [0.4, 0.5) is 14.5 Å². The minimum atomic E-state index is -2.72. The lowest BCUT2D eigenvalue weighted by Gasteiger charge is -2.16. The van der Waals surface area contributed by atoms with Crippen LogP contribution in [-0.4, -0.2) is 11.5 Å². The summed E-state index contributed by atoms with van der Waals surface area (Å²) < 4.78 is 24.7. The van der Waals surface area contributed by atoms with Gasteiger partial charge in [0.05, 0.1) is 11.7 Å². The molecular weight excluding hydrogens is 190 g/mol. The van der Waals surface area contributed by atoms with Crippen molar-refractivity contribution < 1.29 is 13.9 Å². The summed E-state index contributed by atoms with van der Waals surface area (Å²) in [6.07, 6.45) is -2.72. The zero-order valence-corrected chi connectivity index (χ0v) is 7.67. The molecule has 1 atom stereocenters. The van der Waals surface area contributed by atoms with Crippen molar-refractivity contribution in [3.05, 3.63) is 23.3 Å². The van der Waals surface area contributed by atoms with Gasteiger partial charge in [-0.1, -0.05) is 6.07 Å². The molecule has 0 amide bonds. The van der Waals surface area contributed by atoms with Gasteiger partial charge in [-0.05, 0) is 18.6 Å². The van der Waals surface area contributed by atoms with Crippen molar-refractivity contribution >= 4 is 5.69 Å². The molecule has 0 unspecified atom stereocenters. The highest BCUT2D eigenvalue weighted by Crippen LogP contribution is 2.34. The Labute approximate surface area is 80.3 Å². The van der Waals surface area contributed by atoms with Crippen LogP contribution in [0.15, 0.2) is 12.1 Å². The van der Waals surface area contributed by atoms with E-state index in [2.05, 4.69) is 0 Å². The van der Waals surface area contributed by atoms with Crippen LogP contribution in [0.5, 0.6) is 5.75 Å². The van der Waals surface area contributed by atoms with Crippen LogP contribution in [-0.2, 0) is 0 Å². The van der Waals surface area contributed by atoms with Crippen molar-refractivity contribution in [2.45, 2.75) is 19.4 Å². The lowest BCUT2D eigenvalue weighted by atomic mass is 10.00. The molecule has 0 aliphatic carbocycles. The predicted octanol–water partition coefficient (Wildman–Crippen LogP) is 1.55. The van der Waals surface area contributed by atoms with E-state index in [0.717, 1.165) is 0 Å². The Morgan fingerprint density at radius 1 is 1.36 bits per heavy atom. The maximum atomic E-state index is 12.3. The molecule has 1 rings (SSSR count). The Morgan fingerprint density at radius 2 is 1.93 bits per heavy atom. The van der Waals surface area contributed by atoms with Crippen molar-refractivity contribution in [3.8, 4) is 5.75 Å². The second-order valence-corrected chi connectivity index (χ2v) is 3.09. The van der Waals surface area contributed by atoms with Crippen LogP contribution in [0.3, 0.4) is 0 Å². The zero-order chi connectivity index (χ0) is 10.9. The molecular formula is C9H12F2N2O. The van der Waals surface area contributed by atoms with Gasteiger partial charge < -0.3 is 16.6 Å². The van der Waals surface area contributed by atoms with E-state index in [1.165, 1.54) is 6.07 Å². The SMILES string of the molecule is Cc1ccc(N)c(O)c1[C@H](N)C(F)F. The Morgan fingerprint density at radius 3 is 2.43 bits per heavy atom. The van der Waals surface area contributed by atoms with Gasteiger partial charge in [0.2, 0.25) is 0 Å². The molecule has 14 heavy (non-hydrogen) atoms. The fourth-order valence-electron chi connectivity index (χ4n) is 1.27. The normalized spacial score (nSPS) is 13.2. The van der Waals surface area contributed by atoms with Crippen molar-refractivity contribution in [1.29, 1.82) is 0 Å². The van der Waals surface area contributed by atoms with Crippen molar-refractivity contribution in [2.75, 3.05) is 5.73 Å². The molecule has 0 radical (unpaired) electrons. The largest absolute Gasteiger partial charge is 0.505 e. The Kier molecular flexibility index (Phi) is 2.90. The van der Waals surface area contributed by atoms with Crippen molar-refractivity contribution in [1.82, 2.24) is 0 Å². The summed E-state index contributed by atoms with van der Waals surface area (Å²) in [4.78, 5) is 0. The molecule has 5 heteroatoms. The number of aryl methyl sites for hydroxylation is 1. The number of nitrogen functional groups attached to an aromatic ring is 1. The van der Waals surface area contributed by atoms with E-state index in [1.54, 1.807) is 13.0 Å². The van der Waals surface area contributed by atoms with E-state index in [4.69, 9.17) is 11.5 Å². The maximum Gasteiger partial charge on any atom is 0.257 e. The first-order valence-corrected chi connectivity index (χ1v) is 4.06. The fraction of sp³-hybridized carbons (Fsp3) is 0.333. The maximum absolute atomic E-state index is 12.3. The molecule has 5 N–H and O–H groups in total. The van der Waals surface area contributed by atoms with E-state index in [0.29, 0.717) is 5.56 Å². The number of rotatable bonds is 2. The van der Waals surface area contributed by atoms with Crippen molar-refractivity contribution in [2.24, 2.45) is 5.73 Å². The number of hydrogen-bond donors (Lipinski definition) is 3. The van der Waals surface area contributed by atoms with E-state index >= 15 is 0 Å². The molecule has 78 valence electrons. The number of nitrogens with two attached hydrogens (primary N) is 2. The van der Waals surface area contributed by atoms with Crippen molar-refractivity contribution in [3.63, 3.8) is 0 Å². The summed E-state index contributed by atoms with van der Waals surface area (Å²) in [7, 11) is 0. The van der Waals surface area contributed by atoms with Crippen LogP contribution < -0.4 is 11.5 Å². The van der Waals surface area contributed by atoms with Gasteiger partial charge in [0.25, 0.3) is 6.43 Å². The predicted molar refractivity (Wildman–Crippen MR) is 50.2 cm³/mol. The Hall–Kier alpha value is -1.36. The summed E-state index contributed by atoms with van der Waals surface area (Å²) in [5.41, 5.74) is 11.2. The Balaban J connectivity index is 3.25. The Bertz CT molecular complexity index is 342. The summed E-state index contributed by atoms with van der Waals surface area (Å²) in [5.74, 6) is -0.349. The van der Waals surface area contributed by atoms with Gasteiger partial charge in [-0.25, -0.2) is 8.78 Å². The summed E-state index contributed by atoms with van der Waals surface area (Å²) >= 11 is 0. The van der Waals surface area contributed by atoms with E-state index in [9.17, 15) is 13.9 Å². The van der Waals surface area contributed by atoms with Gasteiger partial charge >= 0.3 is 0 Å². The number of hydrogen-bond acceptors (Lipinski definition) is 3. The molecule has 3 nitrogen and oxygen atoms in total. The molecule has 1 aromatic carbocycles. The monoisotopic (exact) mass is 202 g/mol. The average molecular weight is 202 g/mol. The lowest BCUT2D eigenvalue weighted by molar-refractivity contribution is 0.115. The molecule has 0 bridgehead atoms. The standard InChI is InChI=1S/C9H12F2N2O/c1-4-2-3-5(12)8(14)6(4)7(13)9(10)11/h2-3,7,9,14H,12-13H2,1H3/t7-/m0/s1. The van der Waals surface area contributed by atoms with Crippen LogP contribution in [0.2, 0.25) is 0 Å². The molecule has 0 fully saturated rings. The third-order valence-corrected chi connectivity index (χ3v) is 2.07. The summed E-state index contributed by atoms with van der Waals surface area (Å²) in [5, 5.41) is 9.46. The summed E-state index contributed by atoms with van der Waals surface area (Å²) in [6, 6.07) is 1.50. The number of aromatic hydroxyl groups is 1. The van der Waals surface area contributed by atoms with E-state index in [-0.39, 0.29) is 17.0 Å². The molecule has 0 saturated carbocycles. The number of anilines is 1. The number of phenols is 1. The van der Waals surface area contributed by atoms with E-state index in [1.807, 2.05) is 0 Å². The average Bonchev–Trinajstić information content (AvgIpc) is 2.12. The lowest BCUT2D eigenvalue weighted by Crippen LogP contribution is -2.20. The molecule has 0 aliphatic heterocycles. The first kappa shape index (κ1) is 10.7. The first-order valence-electron chi connectivity index (χ1n) is 4.06. The van der Waals surface area contributed by atoms with Gasteiger partial charge in [0.15, 0.2) is 0 Å². The highest BCUT2D eigenvalue weighted by atomic mass is 19.3. The second-order valence-electron chi connectivity index (χ2n) is 3.09. The minimum Gasteiger partial charge on any atom is -0.505 e. The fourth-order valence-corrected chi connectivity index (χ4v) is 1.27. The van der Waals surface area contributed by atoms with Gasteiger partial charge in [-0.2, -0.15) is 0 Å². The second kappa shape index (κ2) is 3.79. The molecule has 0 aromatic heterocycles. The molecule has 0 aliphatic rings. The van der Waals surface area contributed by atoms with Gasteiger partial charge in [0.1, 0.15) is 5.75 Å². The number of halogens is 2. The van der Waals surface area contributed by atoms with Gasteiger partial charge in [-0.15, -0.1) is 0 Å². The third kappa shape index (κ3) is 1.77. The van der Waals surface area contributed by atoms with Crippen LogP contribution in [0.25, 0.3) is 0 Å². The van der Waals surface area contributed by atoms with E-state index < -0.39 is 12.5 Å². The third-order valence-electron chi connectivity index (χ3n) is 2.07. The zero-order valence-electron chi connectivity index (χ0n) is 7.67. The van der Waals surface area contributed by atoms with Crippen LogP contribution >= 0.6 is 0 Å². The quantitative estimate of drug-likeness (QED) is 0.503. The van der Waals surface area contributed by atoms with Crippen LogP contribution in [0.1, 0.15) is 17.2 Å².